The smallest absolute Gasteiger partial charge is 0.166 e. The average Bonchev–Trinajstić information content (AvgIpc) is 3.83. The molecular formula is C47H27F4N7. The molecule has 0 radical (unpaired) electrons. The molecule has 10 aromatic rings. The summed E-state index contributed by atoms with van der Waals surface area (Å²) < 4.78 is 62.5. The van der Waals surface area contributed by atoms with Crippen molar-refractivity contribution < 1.29 is 17.6 Å². The molecule has 3 heterocycles. The number of nitrogens with zero attached hydrogens (tertiary/aromatic N) is 7. The van der Waals surface area contributed by atoms with Crippen molar-refractivity contribution in [3.05, 3.63) is 187 Å². The lowest BCUT2D eigenvalue weighted by Crippen LogP contribution is -2.06. The van der Waals surface area contributed by atoms with E-state index in [2.05, 4.69) is 0 Å². The van der Waals surface area contributed by atoms with Crippen molar-refractivity contribution in [2.75, 3.05) is 0 Å². The average molecular weight is 766 g/mol. The van der Waals surface area contributed by atoms with E-state index in [0.717, 1.165) is 17.7 Å². The Morgan fingerprint density at radius 2 is 0.707 bits per heavy atom. The standard InChI is InChI=1S/C47H27F4N7/c48-31-22-29(23-32(49)26-31)46-52-37-16-6-10-20-41(37)57(46)39-18-8-4-14-35(39)44-54-43(28-12-2-1-3-13-28)55-45(56-44)36-15-5-9-19-40(36)58-42-21-11-7-17-38(42)53-47(58)30-24-33(50)27-34(51)25-30/h1-27H. The predicted molar refractivity (Wildman–Crippen MR) is 216 cm³/mol. The van der Waals surface area contributed by atoms with Gasteiger partial charge in [0, 0.05) is 39.9 Å². The summed E-state index contributed by atoms with van der Waals surface area (Å²) in [6, 6.07) is 46.0. The monoisotopic (exact) mass is 765 g/mol. The van der Waals surface area contributed by atoms with Crippen LogP contribution >= 0.6 is 0 Å². The molecule has 11 heteroatoms. The summed E-state index contributed by atoms with van der Waals surface area (Å²) in [4.78, 5) is 24.9. The molecule has 0 atom stereocenters. The van der Waals surface area contributed by atoms with Gasteiger partial charge in [0.25, 0.3) is 0 Å². The van der Waals surface area contributed by atoms with Gasteiger partial charge < -0.3 is 0 Å². The van der Waals surface area contributed by atoms with Gasteiger partial charge in [-0.1, -0.05) is 78.9 Å². The Bertz CT molecular complexity index is 2960. The molecule has 10 rings (SSSR count). The van der Waals surface area contributed by atoms with Gasteiger partial charge in [0.15, 0.2) is 17.5 Å². The zero-order valence-corrected chi connectivity index (χ0v) is 30.2. The van der Waals surface area contributed by atoms with E-state index in [0.29, 0.717) is 73.7 Å². The molecule has 0 saturated heterocycles. The molecular weight excluding hydrogens is 739 g/mol. The first-order valence-corrected chi connectivity index (χ1v) is 18.3. The van der Waals surface area contributed by atoms with Crippen molar-refractivity contribution in [3.8, 4) is 68.3 Å². The minimum atomic E-state index is -0.730. The molecule has 7 aromatic carbocycles. The van der Waals surface area contributed by atoms with Gasteiger partial charge in [0.2, 0.25) is 0 Å². The Balaban J connectivity index is 1.23. The number of halogens is 4. The first kappa shape index (κ1) is 34.7. The van der Waals surface area contributed by atoms with Gasteiger partial charge in [-0.2, -0.15) is 0 Å². The quantitative estimate of drug-likeness (QED) is 0.151. The first-order valence-electron chi connectivity index (χ1n) is 18.3. The van der Waals surface area contributed by atoms with Crippen LogP contribution in [0.5, 0.6) is 0 Å². The summed E-state index contributed by atoms with van der Waals surface area (Å²) in [7, 11) is 0. The van der Waals surface area contributed by atoms with Crippen molar-refractivity contribution in [1.29, 1.82) is 0 Å². The van der Waals surface area contributed by atoms with Crippen LogP contribution in [0.1, 0.15) is 0 Å². The van der Waals surface area contributed by atoms with E-state index in [1.807, 2.05) is 137 Å². The molecule has 0 bridgehead atoms. The number of rotatable bonds is 7. The molecule has 0 aliphatic rings. The maximum atomic E-state index is 14.7. The van der Waals surface area contributed by atoms with E-state index in [4.69, 9.17) is 24.9 Å². The van der Waals surface area contributed by atoms with Crippen LogP contribution in [0, 0.1) is 23.3 Å². The molecule has 58 heavy (non-hydrogen) atoms. The van der Waals surface area contributed by atoms with Crippen molar-refractivity contribution in [2.45, 2.75) is 0 Å². The molecule has 0 unspecified atom stereocenters. The van der Waals surface area contributed by atoms with Crippen molar-refractivity contribution >= 4 is 22.1 Å². The second kappa shape index (κ2) is 14.1. The Labute approximate surface area is 328 Å². The SMILES string of the molecule is Fc1cc(F)cc(-c2nc3ccccc3n2-c2ccccc2-c2nc(-c3ccccc3)nc(-c3ccccc3-n3c(-c4cc(F)cc(F)c4)nc4ccccc43)n2)c1. The van der Waals surface area contributed by atoms with Crippen LogP contribution < -0.4 is 0 Å². The largest absolute Gasteiger partial charge is 0.292 e. The first-order chi connectivity index (χ1) is 28.4. The Hall–Kier alpha value is -7.79. The summed E-state index contributed by atoms with van der Waals surface area (Å²) >= 11 is 0. The van der Waals surface area contributed by atoms with Crippen LogP contribution in [0.2, 0.25) is 0 Å². The molecule has 0 N–H and O–H groups in total. The van der Waals surface area contributed by atoms with E-state index in [-0.39, 0.29) is 11.1 Å². The molecule has 7 nitrogen and oxygen atoms in total. The minimum Gasteiger partial charge on any atom is -0.292 e. The zero-order valence-electron chi connectivity index (χ0n) is 30.2. The number of fused-ring (bicyclic) bond motifs is 2. The molecule has 0 aliphatic heterocycles. The second-order valence-corrected chi connectivity index (χ2v) is 13.5. The molecule has 0 spiro atoms. The number of hydrogen-bond acceptors (Lipinski definition) is 5. The van der Waals surface area contributed by atoms with Gasteiger partial charge in [-0.3, -0.25) is 9.13 Å². The lowest BCUT2D eigenvalue weighted by atomic mass is 10.1. The van der Waals surface area contributed by atoms with Crippen molar-refractivity contribution in [3.63, 3.8) is 0 Å². The molecule has 0 fully saturated rings. The molecule has 0 aliphatic carbocycles. The number of benzene rings is 7. The normalized spacial score (nSPS) is 11.4. The molecule has 0 amide bonds. The number of aromatic nitrogens is 7. The van der Waals surface area contributed by atoms with Crippen molar-refractivity contribution in [2.24, 2.45) is 0 Å². The molecule has 278 valence electrons. The maximum absolute atomic E-state index is 14.7. The summed E-state index contributed by atoms with van der Waals surface area (Å²) in [5.41, 5.74) is 6.26. The fourth-order valence-corrected chi connectivity index (χ4v) is 7.34. The highest BCUT2D eigenvalue weighted by molar-refractivity contribution is 5.88. The Morgan fingerprint density at radius 3 is 1.17 bits per heavy atom. The van der Waals surface area contributed by atoms with E-state index < -0.39 is 23.3 Å². The zero-order chi connectivity index (χ0) is 39.3. The fraction of sp³-hybridized carbons (Fsp3) is 0. The lowest BCUT2D eigenvalue weighted by molar-refractivity contribution is 0.583. The fourth-order valence-electron chi connectivity index (χ4n) is 7.34. The second-order valence-electron chi connectivity index (χ2n) is 13.5. The number of hydrogen-bond donors (Lipinski definition) is 0. The third-order valence-corrected chi connectivity index (χ3v) is 9.80. The highest BCUT2D eigenvalue weighted by Gasteiger charge is 2.24. The molecule has 3 aromatic heterocycles. The highest BCUT2D eigenvalue weighted by atomic mass is 19.1. The highest BCUT2D eigenvalue weighted by Crippen LogP contribution is 2.37. The van der Waals surface area contributed by atoms with Crippen LogP contribution in [0.4, 0.5) is 17.6 Å². The van der Waals surface area contributed by atoms with Gasteiger partial charge >= 0.3 is 0 Å². The van der Waals surface area contributed by atoms with Crippen molar-refractivity contribution in [1.82, 2.24) is 34.1 Å². The summed E-state index contributed by atoms with van der Waals surface area (Å²) in [5.74, 6) is -1.27. The van der Waals surface area contributed by atoms with Crippen LogP contribution in [-0.2, 0) is 0 Å². The number of imidazole rings is 2. The van der Waals surface area contributed by atoms with Gasteiger partial charge in [0.05, 0.1) is 33.4 Å². The Morgan fingerprint density at radius 1 is 0.328 bits per heavy atom. The van der Waals surface area contributed by atoms with Gasteiger partial charge in [-0.05, 0) is 72.8 Å². The minimum absolute atomic E-state index is 0.250. The van der Waals surface area contributed by atoms with E-state index in [1.54, 1.807) is 0 Å². The van der Waals surface area contributed by atoms with Gasteiger partial charge in [-0.15, -0.1) is 0 Å². The van der Waals surface area contributed by atoms with E-state index in [1.165, 1.54) is 24.3 Å². The number of para-hydroxylation sites is 6. The topological polar surface area (TPSA) is 74.3 Å². The van der Waals surface area contributed by atoms with Crippen LogP contribution in [0.25, 0.3) is 90.4 Å². The lowest BCUT2D eigenvalue weighted by Gasteiger charge is -2.17. The summed E-state index contributed by atoms with van der Waals surface area (Å²) in [6.07, 6.45) is 0. The maximum Gasteiger partial charge on any atom is 0.166 e. The summed E-state index contributed by atoms with van der Waals surface area (Å²) in [5, 5.41) is 0. The van der Waals surface area contributed by atoms with Crippen LogP contribution in [-0.4, -0.2) is 34.1 Å². The van der Waals surface area contributed by atoms with Gasteiger partial charge in [-0.25, -0.2) is 42.5 Å². The molecule has 0 saturated carbocycles. The van der Waals surface area contributed by atoms with E-state index >= 15 is 0 Å². The third kappa shape index (κ3) is 6.15. The third-order valence-electron chi connectivity index (χ3n) is 9.80. The summed E-state index contributed by atoms with van der Waals surface area (Å²) in [6.45, 7) is 0. The van der Waals surface area contributed by atoms with Gasteiger partial charge in [0.1, 0.15) is 34.9 Å². The Kier molecular flexibility index (Phi) is 8.40. The van der Waals surface area contributed by atoms with Crippen LogP contribution in [0.15, 0.2) is 164 Å². The predicted octanol–water partition coefficient (Wildman–Crippen LogP) is 11.4. The van der Waals surface area contributed by atoms with Crippen LogP contribution in [0.3, 0.4) is 0 Å². The van der Waals surface area contributed by atoms with E-state index in [9.17, 15) is 17.6 Å².